The molecule has 1 aromatic carbocycles. The summed E-state index contributed by atoms with van der Waals surface area (Å²) in [6.07, 6.45) is 11.6. The van der Waals surface area contributed by atoms with Crippen molar-refractivity contribution < 1.29 is 14.3 Å². The highest BCUT2D eigenvalue weighted by molar-refractivity contribution is 6.04. The largest absolute Gasteiger partial charge is 0.465 e. The minimum atomic E-state index is -0.346. The lowest BCUT2D eigenvalue weighted by molar-refractivity contribution is -0.181. The fraction of sp³-hybridized carbons (Fsp3) is 0.722. The monoisotopic (exact) mass is 545 g/mol. The van der Waals surface area contributed by atoms with Crippen molar-refractivity contribution in [2.45, 2.75) is 98.4 Å². The minimum absolute atomic E-state index is 0.0319. The second kappa shape index (κ2) is 9.28. The molecule has 6 rings (SSSR count). The number of benzene rings is 1. The van der Waals surface area contributed by atoms with Crippen molar-refractivity contribution in [2.24, 2.45) is 63.4 Å². The third-order valence-electron chi connectivity index (χ3n) is 13.7. The van der Waals surface area contributed by atoms with E-state index in [1.165, 1.54) is 39.2 Å². The fourth-order valence-electron chi connectivity index (χ4n) is 11.8. The van der Waals surface area contributed by atoms with Crippen LogP contribution in [0.4, 0.5) is 0 Å². The molecule has 218 valence electrons. The molecular formula is C36H51NO3. The molecular weight excluding hydrogens is 494 g/mol. The number of ether oxygens (including phenoxy) is 1. The van der Waals surface area contributed by atoms with Crippen LogP contribution < -0.4 is 5.73 Å². The third-order valence-corrected chi connectivity index (χ3v) is 13.7. The molecule has 5 unspecified atom stereocenters. The molecule has 0 heterocycles. The van der Waals surface area contributed by atoms with Crippen molar-refractivity contribution >= 4 is 17.3 Å². The van der Waals surface area contributed by atoms with Crippen molar-refractivity contribution in [1.82, 2.24) is 0 Å². The van der Waals surface area contributed by atoms with Crippen LogP contribution in [0.15, 0.2) is 30.3 Å². The number of allylic oxidation sites excluding steroid dienone is 2. The van der Waals surface area contributed by atoms with Gasteiger partial charge in [0.05, 0.1) is 12.7 Å². The molecule has 5 aliphatic carbocycles. The number of carbonyl (C=O) groups is 2. The van der Waals surface area contributed by atoms with Gasteiger partial charge in [0.15, 0.2) is 5.78 Å². The Morgan fingerprint density at radius 2 is 1.60 bits per heavy atom. The maximum absolute atomic E-state index is 14.4. The molecule has 9 atom stereocenters. The Labute approximate surface area is 241 Å². The van der Waals surface area contributed by atoms with E-state index >= 15 is 0 Å². The van der Waals surface area contributed by atoms with E-state index in [0.29, 0.717) is 46.9 Å². The molecule has 2 N–H and O–H groups in total. The molecule has 0 aromatic heterocycles. The zero-order valence-corrected chi connectivity index (χ0v) is 25.9. The van der Waals surface area contributed by atoms with Gasteiger partial charge in [-0.25, -0.2) is 4.79 Å². The van der Waals surface area contributed by atoms with E-state index in [-0.39, 0.29) is 27.8 Å². The number of hydrogen-bond donors (Lipinski definition) is 1. The molecule has 0 aliphatic heterocycles. The molecule has 4 heteroatoms. The zero-order chi connectivity index (χ0) is 28.8. The van der Waals surface area contributed by atoms with Gasteiger partial charge in [0.2, 0.25) is 0 Å². The summed E-state index contributed by atoms with van der Waals surface area (Å²) in [6.45, 7) is 14.4. The molecule has 5 aliphatic rings. The van der Waals surface area contributed by atoms with Gasteiger partial charge >= 0.3 is 5.97 Å². The first-order valence-electron chi connectivity index (χ1n) is 16.0. The van der Waals surface area contributed by atoms with Crippen LogP contribution in [-0.2, 0) is 9.53 Å². The number of rotatable bonds is 3. The average molecular weight is 546 g/mol. The summed E-state index contributed by atoms with van der Waals surface area (Å²) in [5.41, 5.74) is 9.65. The van der Waals surface area contributed by atoms with Crippen molar-refractivity contribution in [1.29, 1.82) is 0 Å². The number of esters is 1. The fourth-order valence-corrected chi connectivity index (χ4v) is 11.8. The van der Waals surface area contributed by atoms with Gasteiger partial charge in [0.25, 0.3) is 0 Å². The summed E-state index contributed by atoms with van der Waals surface area (Å²) in [6, 6.07) is 7.62. The van der Waals surface area contributed by atoms with Crippen LogP contribution in [0.2, 0.25) is 0 Å². The van der Waals surface area contributed by atoms with Crippen molar-refractivity contribution in [3.8, 4) is 0 Å². The number of nitrogens with two attached hydrogens (primary N) is 1. The number of ketones is 1. The van der Waals surface area contributed by atoms with E-state index < -0.39 is 0 Å². The summed E-state index contributed by atoms with van der Waals surface area (Å²) < 4.78 is 4.89. The van der Waals surface area contributed by atoms with Gasteiger partial charge in [-0.2, -0.15) is 0 Å². The highest BCUT2D eigenvalue weighted by Crippen LogP contribution is 2.72. The molecule has 4 saturated carbocycles. The molecule has 4 nitrogen and oxygen atoms in total. The van der Waals surface area contributed by atoms with E-state index in [1.807, 2.05) is 30.3 Å². The van der Waals surface area contributed by atoms with Gasteiger partial charge in [-0.05, 0) is 133 Å². The van der Waals surface area contributed by atoms with Crippen LogP contribution >= 0.6 is 0 Å². The standard InChI is InChI=1S/C36H51NO3/c1-21(2)24-14-18-36(37)19-15-26-25(31(24)36)12-13-29-34(26,5)17-16-28-33(3,4)27(20-30(38)35(28,29)6)22-8-10-23(11-9-22)32(39)40-7/h8-11,20-21,24-26,28-29,31H,12-19,37H2,1-7H3/t24?,25-,26?,28?,29?,31?,34-,35-,36-/m0/s1. The van der Waals surface area contributed by atoms with E-state index in [2.05, 4.69) is 41.5 Å². The maximum Gasteiger partial charge on any atom is 0.337 e. The second-order valence-electron chi connectivity index (χ2n) is 15.7. The van der Waals surface area contributed by atoms with Crippen LogP contribution in [-0.4, -0.2) is 24.4 Å². The number of hydrogen-bond acceptors (Lipinski definition) is 4. The van der Waals surface area contributed by atoms with Crippen molar-refractivity contribution in [2.75, 3.05) is 7.11 Å². The summed E-state index contributed by atoms with van der Waals surface area (Å²) in [5.74, 6) is 4.18. The Hall–Kier alpha value is -1.94. The lowest BCUT2D eigenvalue weighted by atomic mass is 9.36. The van der Waals surface area contributed by atoms with Gasteiger partial charge in [-0.3, -0.25) is 4.79 Å². The van der Waals surface area contributed by atoms with E-state index in [9.17, 15) is 9.59 Å². The Balaban J connectivity index is 1.35. The summed E-state index contributed by atoms with van der Waals surface area (Å²) in [7, 11) is 1.41. The molecule has 40 heavy (non-hydrogen) atoms. The van der Waals surface area contributed by atoms with Crippen LogP contribution in [0, 0.1) is 57.7 Å². The van der Waals surface area contributed by atoms with Crippen LogP contribution in [0.25, 0.3) is 5.57 Å². The SMILES string of the molecule is COC(=O)c1ccc(C2=CC(=O)[C@@]3(C)C(CC[C@@]4(C)C5CC[C@@]6(N)CCC(C(C)C)C6[C@H]5CCC43)C2(C)C)cc1. The van der Waals surface area contributed by atoms with E-state index in [1.54, 1.807) is 0 Å². The van der Waals surface area contributed by atoms with Gasteiger partial charge in [-0.15, -0.1) is 0 Å². The molecule has 0 radical (unpaired) electrons. The highest BCUT2D eigenvalue weighted by Gasteiger charge is 2.68. The van der Waals surface area contributed by atoms with Crippen LogP contribution in [0.3, 0.4) is 0 Å². The number of methoxy groups -OCH3 is 1. The minimum Gasteiger partial charge on any atom is -0.465 e. The predicted molar refractivity (Wildman–Crippen MR) is 160 cm³/mol. The Morgan fingerprint density at radius 3 is 2.25 bits per heavy atom. The first-order chi connectivity index (χ1) is 18.8. The van der Waals surface area contributed by atoms with Crippen LogP contribution in [0.5, 0.6) is 0 Å². The third kappa shape index (κ3) is 3.73. The smallest absolute Gasteiger partial charge is 0.337 e. The first-order valence-corrected chi connectivity index (χ1v) is 16.0. The summed E-state index contributed by atoms with van der Waals surface area (Å²) in [5, 5.41) is 0. The van der Waals surface area contributed by atoms with Crippen LogP contribution in [0.1, 0.15) is 109 Å². The highest BCUT2D eigenvalue weighted by atomic mass is 16.5. The van der Waals surface area contributed by atoms with Gasteiger partial charge in [-0.1, -0.05) is 53.7 Å². The van der Waals surface area contributed by atoms with Gasteiger partial charge < -0.3 is 10.5 Å². The molecule has 0 bridgehead atoms. The lowest BCUT2D eigenvalue weighted by Gasteiger charge is -2.67. The quantitative estimate of drug-likeness (QED) is 0.395. The van der Waals surface area contributed by atoms with E-state index in [4.69, 9.17) is 10.5 Å². The Morgan fingerprint density at radius 1 is 0.925 bits per heavy atom. The maximum atomic E-state index is 14.4. The van der Waals surface area contributed by atoms with Crippen molar-refractivity contribution in [3.63, 3.8) is 0 Å². The van der Waals surface area contributed by atoms with E-state index in [0.717, 1.165) is 36.3 Å². The normalized spacial score (nSPS) is 43.7. The molecule has 0 amide bonds. The molecule has 1 aromatic rings. The topological polar surface area (TPSA) is 69.4 Å². The van der Waals surface area contributed by atoms with Gasteiger partial charge in [0, 0.05) is 11.0 Å². The second-order valence-corrected chi connectivity index (χ2v) is 15.7. The average Bonchev–Trinajstić information content (AvgIpc) is 3.28. The summed E-state index contributed by atoms with van der Waals surface area (Å²) >= 11 is 0. The molecule has 0 saturated heterocycles. The lowest BCUT2D eigenvalue weighted by Crippen LogP contribution is -2.65. The zero-order valence-electron chi connectivity index (χ0n) is 25.9. The summed E-state index contributed by atoms with van der Waals surface area (Å²) in [4.78, 5) is 26.4. The Bertz CT molecular complexity index is 1230. The number of fused-ring (bicyclic) bond motifs is 7. The Kier molecular flexibility index (Phi) is 6.54. The van der Waals surface area contributed by atoms with Gasteiger partial charge in [0.1, 0.15) is 0 Å². The first kappa shape index (κ1) is 28.2. The molecule has 4 fully saturated rings. The van der Waals surface area contributed by atoms with Crippen molar-refractivity contribution in [3.05, 3.63) is 41.5 Å². The number of carbonyl (C=O) groups excluding carboxylic acids is 2. The predicted octanol–water partition coefficient (Wildman–Crippen LogP) is 7.70. The molecule has 0 spiro atoms.